The summed E-state index contributed by atoms with van der Waals surface area (Å²) in [7, 11) is 0. The molecule has 0 aromatic heterocycles. The molecule has 0 aliphatic heterocycles. The molecule has 108 valence electrons. The van der Waals surface area contributed by atoms with Gasteiger partial charge in [0, 0.05) is 22.8 Å². The third-order valence-corrected chi connectivity index (χ3v) is 3.51. The normalized spacial score (nSPS) is 10.7. The number of nitro groups is 1. The minimum atomic E-state index is -0.464. The predicted molar refractivity (Wildman–Crippen MR) is 81.8 cm³/mol. The maximum Gasteiger partial charge on any atom is 0.273 e. The number of rotatable bonds is 4. The van der Waals surface area contributed by atoms with Crippen molar-refractivity contribution in [3.05, 3.63) is 74.8 Å². The number of hydrogen-bond donors (Lipinski definition) is 0. The Hall–Kier alpha value is -2.49. The van der Waals surface area contributed by atoms with Gasteiger partial charge in [0.05, 0.1) is 4.92 Å². The van der Waals surface area contributed by atoms with Gasteiger partial charge in [-0.05, 0) is 18.4 Å². The van der Waals surface area contributed by atoms with Crippen molar-refractivity contribution in [3.8, 4) is 0 Å². The second-order valence-corrected chi connectivity index (χ2v) is 5.36. The van der Waals surface area contributed by atoms with Crippen LogP contribution >= 0.6 is 0 Å². The van der Waals surface area contributed by atoms with Gasteiger partial charge in [-0.25, -0.2) is 0 Å². The summed E-state index contributed by atoms with van der Waals surface area (Å²) in [6.07, 6.45) is 0. The lowest BCUT2D eigenvalue weighted by atomic mass is 9.97. The molecule has 0 heterocycles. The maximum absolute atomic E-state index is 12.4. The highest BCUT2D eigenvalue weighted by Crippen LogP contribution is 2.22. The summed E-state index contributed by atoms with van der Waals surface area (Å²) in [6.45, 7) is 5.82. The Kier molecular flexibility index (Phi) is 4.17. The third-order valence-electron chi connectivity index (χ3n) is 3.51. The van der Waals surface area contributed by atoms with Gasteiger partial charge in [0.1, 0.15) is 0 Å². The summed E-state index contributed by atoms with van der Waals surface area (Å²) in [4.78, 5) is 22.9. The first-order chi connectivity index (χ1) is 9.90. The second-order valence-electron chi connectivity index (χ2n) is 5.36. The standard InChI is InChI=1S/C17H17NO3/c1-11(2)13-6-8-14(9-7-13)17(19)15-5-4-12(3)16(10-15)18(20)21/h4-11H,1-3H3. The Morgan fingerprint density at radius 1 is 1.05 bits per heavy atom. The number of nitro benzene ring substituents is 1. The van der Waals surface area contributed by atoms with Crippen LogP contribution in [-0.4, -0.2) is 10.7 Å². The van der Waals surface area contributed by atoms with Crippen LogP contribution < -0.4 is 0 Å². The summed E-state index contributed by atoms with van der Waals surface area (Å²) in [6, 6.07) is 11.9. The van der Waals surface area contributed by atoms with Gasteiger partial charge in [-0.1, -0.05) is 50.2 Å². The Morgan fingerprint density at radius 2 is 1.62 bits per heavy atom. The minimum absolute atomic E-state index is 0.0281. The molecule has 0 aliphatic rings. The molecule has 4 nitrogen and oxygen atoms in total. The number of carbonyl (C=O) groups is 1. The molecule has 0 N–H and O–H groups in total. The van der Waals surface area contributed by atoms with Crippen molar-refractivity contribution < 1.29 is 9.72 Å². The molecular formula is C17H17NO3. The fraction of sp³-hybridized carbons (Fsp3) is 0.235. The van der Waals surface area contributed by atoms with Crippen LogP contribution in [0.15, 0.2) is 42.5 Å². The summed E-state index contributed by atoms with van der Waals surface area (Å²) in [5.41, 5.74) is 2.55. The number of aryl methyl sites for hydroxylation is 1. The molecule has 0 unspecified atom stereocenters. The molecule has 0 radical (unpaired) electrons. The molecule has 0 bridgehead atoms. The fourth-order valence-corrected chi connectivity index (χ4v) is 2.13. The fourth-order valence-electron chi connectivity index (χ4n) is 2.13. The minimum Gasteiger partial charge on any atom is -0.289 e. The van der Waals surface area contributed by atoms with Gasteiger partial charge in [-0.15, -0.1) is 0 Å². The van der Waals surface area contributed by atoms with Crippen LogP contribution in [0.3, 0.4) is 0 Å². The van der Waals surface area contributed by atoms with E-state index in [1.807, 2.05) is 12.1 Å². The van der Waals surface area contributed by atoms with E-state index in [0.29, 0.717) is 22.6 Å². The lowest BCUT2D eigenvalue weighted by Gasteiger charge is -2.07. The van der Waals surface area contributed by atoms with E-state index in [1.54, 1.807) is 31.2 Å². The first kappa shape index (κ1) is 14.9. The molecule has 0 aliphatic carbocycles. The van der Waals surface area contributed by atoms with Crippen molar-refractivity contribution in [2.75, 3.05) is 0 Å². The molecule has 0 saturated carbocycles. The number of carbonyl (C=O) groups excluding carboxylic acids is 1. The number of nitrogens with zero attached hydrogens (tertiary/aromatic N) is 1. The summed E-state index contributed by atoms with van der Waals surface area (Å²) >= 11 is 0. The summed E-state index contributed by atoms with van der Waals surface area (Å²) < 4.78 is 0. The third kappa shape index (κ3) is 3.16. The molecule has 2 aromatic rings. The summed E-state index contributed by atoms with van der Waals surface area (Å²) in [5.74, 6) is 0.197. The van der Waals surface area contributed by atoms with Gasteiger partial charge < -0.3 is 0 Å². The van der Waals surface area contributed by atoms with Crippen molar-refractivity contribution in [3.63, 3.8) is 0 Å². The topological polar surface area (TPSA) is 60.2 Å². The lowest BCUT2D eigenvalue weighted by Crippen LogP contribution is -2.03. The van der Waals surface area contributed by atoms with Gasteiger partial charge in [0.2, 0.25) is 0 Å². The first-order valence-electron chi connectivity index (χ1n) is 6.80. The van der Waals surface area contributed by atoms with Crippen molar-refractivity contribution in [2.45, 2.75) is 26.7 Å². The monoisotopic (exact) mass is 283 g/mol. The Balaban J connectivity index is 2.36. The van der Waals surface area contributed by atoms with E-state index < -0.39 is 4.92 Å². The smallest absolute Gasteiger partial charge is 0.273 e. The molecule has 0 amide bonds. The average Bonchev–Trinajstić information content (AvgIpc) is 2.46. The average molecular weight is 283 g/mol. The van der Waals surface area contributed by atoms with Gasteiger partial charge in [0.15, 0.2) is 5.78 Å². The van der Waals surface area contributed by atoms with Crippen molar-refractivity contribution in [2.24, 2.45) is 0 Å². The Morgan fingerprint density at radius 3 is 2.14 bits per heavy atom. The van der Waals surface area contributed by atoms with Gasteiger partial charge >= 0.3 is 0 Å². The SMILES string of the molecule is Cc1ccc(C(=O)c2ccc(C(C)C)cc2)cc1[N+](=O)[O-]. The first-order valence-corrected chi connectivity index (χ1v) is 6.80. The molecule has 0 saturated heterocycles. The number of benzene rings is 2. The van der Waals surface area contributed by atoms with Gasteiger partial charge in [-0.3, -0.25) is 14.9 Å². The number of ketones is 1. The highest BCUT2D eigenvalue weighted by Gasteiger charge is 2.16. The quantitative estimate of drug-likeness (QED) is 0.478. The predicted octanol–water partition coefficient (Wildman–Crippen LogP) is 4.26. The lowest BCUT2D eigenvalue weighted by molar-refractivity contribution is -0.385. The van der Waals surface area contributed by atoms with Crippen LogP contribution in [0.25, 0.3) is 0 Å². The van der Waals surface area contributed by atoms with Crippen LogP contribution in [-0.2, 0) is 0 Å². The van der Waals surface area contributed by atoms with Crippen molar-refractivity contribution in [1.82, 2.24) is 0 Å². The van der Waals surface area contributed by atoms with Crippen LogP contribution in [0.2, 0.25) is 0 Å². The molecule has 4 heteroatoms. The highest BCUT2D eigenvalue weighted by atomic mass is 16.6. The Bertz CT molecular complexity index is 688. The molecule has 2 aromatic carbocycles. The van der Waals surface area contributed by atoms with Crippen molar-refractivity contribution >= 4 is 11.5 Å². The molecule has 21 heavy (non-hydrogen) atoms. The molecule has 0 spiro atoms. The van der Waals surface area contributed by atoms with E-state index in [0.717, 1.165) is 5.56 Å². The molecule has 0 fully saturated rings. The van der Waals surface area contributed by atoms with Crippen LogP contribution in [0.1, 0.15) is 46.8 Å². The largest absolute Gasteiger partial charge is 0.289 e. The van der Waals surface area contributed by atoms with E-state index in [2.05, 4.69) is 13.8 Å². The van der Waals surface area contributed by atoms with E-state index in [4.69, 9.17) is 0 Å². The van der Waals surface area contributed by atoms with Gasteiger partial charge in [-0.2, -0.15) is 0 Å². The Labute approximate surface area is 123 Å². The van der Waals surface area contributed by atoms with E-state index in [9.17, 15) is 14.9 Å². The van der Waals surface area contributed by atoms with Gasteiger partial charge in [0.25, 0.3) is 5.69 Å². The molecule has 2 rings (SSSR count). The summed E-state index contributed by atoms with van der Waals surface area (Å²) in [5, 5.41) is 10.9. The van der Waals surface area contributed by atoms with E-state index in [-0.39, 0.29) is 11.5 Å². The zero-order valence-corrected chi connectivity index (χ0v) is 12.3. The zero-order valence-electron chi connectivity index (χ0n) is 12.3. The zero-order chi connectivity index (χ0) is 15.6. The van der Waals surface area contributed by atoms with E-state index in [1.165, 1.54) is 6.07 Å². The van der Waals surface area contributed by atoms with Crippen LogP contribution in [0.4, 0.5) is 5.69 Å². The van der Waals surface area contributed by atoms with Crippen LogP contribution in [0, 0.1) is 17.0 Å². The van der Waals surface area contributed by atoms with Crippen molar-refractivity contribution in [1.29, 1.82) is 0 Å². The molecular weight excluding hydrogens is 266 g/mol. The number of hydrogen-bond acceptors (Lipinski definition) is 3. The second kappa shape index (κ2) is 5.87. The maximum atomic E-state index is 12.4. The van der Waals surface area contributed by atoms with Crippen LogP contribution in [0.5, 0.6) is 0 Å². The van der Waals surface area contributed by atoms with E-state index >= 15 is 0 Å². The molecule has 0 atom stereocenters. The highest BCUT2D eigenvalue weighted by molar-refractivity contribution is 6.09.